The van der Waals surface area contributed by atoms with Crippen molar-refractivity contribution < 1.29 is 15.1 Å². The van der Waals surface area contributed by atoms with Gasteiger partial charge in [0.15, 0.2) is 34.9 Å². The molecule has 18 aromatic rings. The molecule has 0 atom stereocenters. The molecule has 0 amide bonds. The van der Waals surface area contributed by atoms with Crippen molar-refractivity contribution in [1.82, 2.24) is 34.5 Å². The van der Waals surface area contributed by atoms with Crippen LogP contribution in [0.1, 0.15) is 47.0 Å². The summed E-state index contributed by atoms with van der Waals surface area (Å²) >= 11 is 0. The largest absolute Gasteiger partial charge is 0.311 e. The van der Waals surface area contributed by atoms with E-state index >= 15 is 0 Å². The van der Waals surface area contributed by atoms with Gasteiger partial charge in [0.05, 0.1) is 33.4 Å². The number of anilines is 6. The predicted octanol–water partition coefficient (Wildman–Crippen LogP) is 23.5. The van der Waals surface area contributed by atoms with Gasteiger partial charge in [-0.1, -0.05) is 317 Å². The maximum atomic E-state index is 9.98. The molecule has 15 aromatic carbocycles. The molecule has 111 heavy (non-hydrogen) atoms. The molecule has 5 heterocycles. The SMILES string of the molecule is [2H]c1c([2H])c([2H])c2c(c1[2H])c1c([2H])c([2H])c([2H])c([2H])c1n2-c1ccc2c(c1)N(c1c(-c3nc(-c4ccccc4)nc(-c4ccccc4)n3)cccc1-c1nc(-c3ccccc3)nc(-c3ccccc3)n1)c1cc(-c3cccc(-c4ccccc4)c3)cc3c1B2c1ccc(-c2ccc(C(C)(C)C)cc2)cc1N3c1ccc(C([2H])([2H])[2H])cc1-c1ccccc1. The Kier molecular flexibility index (Phi) is 13.5. The fourth-order valence-corrected chi connectivity index (χ4v) is 15.9. The lowest BCUT2D eigenvalue weighted by Crippen LogP contribution is -2.61. The third kappa shape index (κ3) is 11.8. The van der Waals surface area contributed by atoms with Gasteiger partial charge < -0.3 is 14.4 Å². The van der Waals surface area contributed by atoms with Crippen molar-refractivity contribution in [3.05, 3.63) is 375 Å². The smallest absolute Gasteiger partial charge is 0.252 e. The molecule has 20 rings (SSSR count). The van der Waals surface area contributed by atoms with Crippen molar-refractivity contribution in [3.8, 4) is 119 Å². The number of hydrogen-bond acceptors (Lipinski definition) is 8. The predicted molar refractivity (Wildman–Crippen MR) is 459 cm³/mol. The van der Waals surface area contributed by atoms with E-state index in [0.29, 0.717) is 85.0 Å². The lowest BCUT2D eigenvalue weighted by molar-refractivity contribution is 0.590. The number of aryl methyl sites for hydroxylation is 1. The molecule has 9 nitrogen and oxygen atoms in total. The molecule has 2 aliphatic heterocycles. The van der Waals surface area contributed by atoms with Crippen molar-refractivity contribution in [1.29, 1.82) is 0 Å². The van der Waals surface area contributed by atoms with Crippen molar-refractivity contribution in [2.24, 2.45) is 0 Å². The van der Waals surface area contributed by atoms with E-state index < -0.39 is 61.9 Å². The average molecular weight is 1430 g/mol. The van der Waals surface area contributed by atoms with Crippen LogP contribution in [0.25, 0.3) is 140 Å². The number of fused-ring (bicyclic) bond motifs is 7. The quantitative estimate of drug-likeness (QED) is 0.106. The van der Waals surface area contributed by atoms with Gasteiger partial charge in [-0.05, 0) is 146 Å². The molecule has 0 bridgehead atoms. The van der Waals surface area contributed by atoms with Crippen LogP contribution in [-0.2, 0) is 5.41 Å². The Balaban J connectivity index is 0.993. The number of nitrogens with zero attached hydrogens (tertiary/aromatic N) is 9. The van der Waals surface area contributed by atoms with E-state index in [1.165, 1.54) is 0 Å². The summed E-state index contributed by atoms with van der Waals surface area (Å²) in [5.74, 6) is 2.00. The molecule has 3 aromatic heterocycles. The van der Waals surface area contributed by atoms with Crippen LogP contribution in [0.5, 0.6) is 0 Å². The van der Waals surface area contributed by atoms with Crippen LogP contribution in [-0.4, -0.2) is 41.2 Å². The summed E-state index contributed by atoms with van der Waals surface area (Å²) in [6.07, 6.45) is 0. The molecular weight excluding hydrogens is 1350 g/mol. The van der Waals surface area contributed by atoms with Crippen LogP contribution in [0.4, 0.5) is 34.1 Å². The Bertz CT molecular complexity index is 6930. The van der Waals surface area contributed by atoms with Gasteiger partial charge in [0.1, 0.15) is 0 Å². The van der Waals surface area contributed by atoms with Crippen LogP contribution in [0.15, 0.2) is 364 Å². The molecular formula is C101H72BN9. The maximum Gasteiger partial charge on any atom is 0.252 e. The molecule has 2 aliphatic rings. The summed E-state index contributed by atoms with van der Waals surface area (Å²) in [5, 5.41) is -0.165. The van der Waals surface area contributed by atoms with Crippen molar-refractivity contribution >= 4 is 79.0 Å². The summed E-state index contributed by atoms with van der Waals surface area (Å²) in [4.78, 5) is 37.4. The van der Waals surface area contributed by atoms with E-state index in [1.54, 1.807) is 16.7 Å². The number of aromatic nitrogens is 7. The summed E-state index contributed by atoms with van der Waals surface area (Å²) < 4.78 is 105. The van der Waals surface area contributed by atoms with E-state index in [2.05, 4.69) is 122 Å². The second-order valence-corrected chi connectivity index (χ2v) is 29.0. The Labute approximate surface area is 661 Å². The monoisotopic (exact) mass is 1430 g/mol. The molecule has 10 heteroatoms. The van der Waals surface area contributed by atoms with Gasteiger partial charge in [0.2, 0.25) is 0 Å². The van der Waals surface area contributed by atoms with E-state index in [4.69, 9.17) is 34.0 Å². The number of hydrogen-bond donors (Lipinski definition) is 0. The standard InChI is InChI=1S/C101H72BN9/c1-65-49-58-88(83(59-65)68-31-13-6-14-32-68)110-89-61-75(67-50-53-77(54-51-67)101(2,3)4)52-56-84(89)102-85-57-55-78(109-86-47-25-23-43-79(86)80-44-24-26-48-87(80)109)64-90(85)111(92-63-76(62-91(110)93(92)102)74-42-27-41-73(60-74)66-29-11-5-12-30-66)94-81(99-105-95(69-33-15-7-16-34-69)103-96(106-99)70-35-17-8-18-36-70)45-28-46-82(94)100-107-97(71-37-19-9-20-38-71)104-98(108-100)72-39-21-10-22-40-72/h5-64H,1-4H3/i1D3,23D,24D,25D,26D,43D,44D,47D,48D. The zero-order valence-electron chi connectivity index (χ0n) is 71.6. The fraction of sp³-hybridized carbons (Fsp3) is 0.0495. The van der Waals surface area contributed by atoms with Crippen molar-refractivity contribution in [2.45, 2.75) is 33.0 Å². The van der Waals surface area contributed by atoms with Gasteiger partial charge >= 0.3 is 0 Å². The molecule has 0 N–H and O–H groups in total. The minimum absolute atomic E-state index is 0.0655. The van der Waals surface area contributed by atoms with Crippen LogP contribution in [0, 0.1) is 6.85 Å². The average Bonchev–Trinajstić information content (AvgIpc) is 0.972. The first kappa shape index (κ1) is 55.2. The first-order chi connectivity index (χ1) is 59.1. The van der Waals surface area contributed by atoms with Gasteiger partial charge in [-0.25, -0.2) is 29.9 Å². The minimum atomic E-state index is -2.51. The fourth-order valence-electron chi connectivity index (χ4n) is 15.9. The van der Waals surface area contributed by atoms with E-state index in [9.17, 15) is 11.0 Å². The van der Waals surface area contributed by atoms with E-state index in [-0.39, 0.29) is 50.1 Å². The van der Waals surface area contributed by atoms with Crippen LogP contribution in [0.2, 0.25) is 0 Å². The van der Waals surface area contributed by atoms with Gasteiger partial charge in [-0.3, -0.25) is 0 Å². The molecule has 0 unspecified atom stereocenters. The normalized spacial score (nSPS) is 13.8. The van der Waals surface area contributed by atoms with Gasteiger partial charge in [0.25, 0.3) is 6.71 Å². The molecule has 0 saturated heterocycles. The first-order valence-electron chi connectivity index (χ1n) is 42.5. The number of benzene rings is 15. The third-order valence-electron chi connectivity index (χ3n) is 21.2. The van der Waals surface area contributed by atoms with Gasteiger partial charge in [0, 0.05) is 82.3 Å². The zero-order valence-corrected chi connectivity index (χ0v) is 60.6. The molecule has 0 radical (unpaired) electrons. The van der Waals surface area contributed by atoms with Crippen LogP contribution >= 0.6 is 0 Å². The number of rotatable bonds is 13. The Morgan fingerprint density at radius 2 is 0.712 bits per heavy atom. The summed E-state index contributed by atoms with van der Waals surface area (Å²) in [7, 11) is 0. The number of para-hydroxylation sites is 3. The van der Waals surface area contributed by atoms with Gasteiger partial charge in [-0.2, -0.15) is 0 Å². The van der Waals surface area contributed by atoms with E-state index in [1.807, 2.05) is 212 Å². The van der Waals surface area contributed by atoms with Crippen LogP contribution in [0.3, 0.4) is 0 Å². The highest BCUT2D eigenvalue weighted by atomic mass is 15.2. The second kappa shape index (κ2) is 27.2. The van der Waals surface area contributed by atoms with Gasteiger partial charge in [-0.15, -0.1) is 0 Å². The highest BCUT2D eigenvalue weighted by Gasteiger charge is 2.46. The minimum Gasteiger partial charge on any atom is -0.311 e. The summed E-state index contributed by atoms with van der Waals surface area (Å²) in [6.45, 7) is 3.37. The summed E-state index contributed by atoms with van der Waals surface area (Å²) in [6, 6.07) is 100. The van der Waals surface area contributed by atoms with Crippen molar-refractivity contribution in [3.63, 3.8) is 0 Å². The molecule has 0 fully saturated rings. The third-order valence-corrected chi connectivity index (χ3v) is 21.2. The topological polar surface area (TPSA) is 88.8 Å². The maximum absolute atomic E-state index is 9.98. The highest BCUT2D eigenvalue weighted by molar-refractivity contribution is 7.00. The van der Waals surface area contributed by atoms with Crippen molar-refractivity contribution in [2.75, 3.05) is 9.80 Å². The molecule has 524 valence electrons. The Morgan fingerprint density at radius 1 is 0.306 bits per heavy atom. The zero-order chi connectivity index (χ0) is 83.7. The lowest BCUT2D eigenvalue weighted by atomic mass is 9.33. The first-order valence-corrected chi connectivity index (χ1v) is 37.0. The van der Waals surface area contributed by atoms with E-state index in [0.717, 1.165) is 72.3 Å². The molecule has 0 saturated carbocycles. The highest BCUT2D eigenvalue weighted by Crippen LogP contribution is 2.53. The molecule has 0 spiro atoms. The Hall–Kier alpha value is -14.2. The second-order valence-electron chi connectivity index (χ2n) is 29.0. The lowest BCUT2D eigenvalue weighted by Gasteiger charge is -2.45. The Morgan fingerprint density at radius 3 is 1.23 bits per heavy atom. The molecule has 0 aliphatic carbocycles. The van der Waals surface area contributed by atoms with Crippen LogP contribution < -0.4 is 26.2 Å². The summed E-state index contributed by atoms with van der Waals surface area (Å²) in [5.41, 5.74) is 18.1.